The Morgan fingerprint density at radius 2 is 1.92 bits per heavy atom. The summed E-state index contributed by atoms with van der Waals surface area (Å²) in [6.07, 6.45) is 12.0. The van der Waals surface area contributed by atoms with E-state index < -0.39 is 0 Å². The lowest BCUT2D eigenvalue weighted by molar-refractivity contribution is -0.126. The van der Waals surface area contributed by atoms with Crippen LogP contribution in [0.5, 0.6) is 0 Å². The third-order valence-electron chi connectivity index (χ3n) is 5.14. The Labute approximate surface area is 155 Å². The molecule has 0 aliphatic heterocycles. The molecule has 8 nitrogen and oxygen atoms in total. The molecule has 0 aromatic carbocycles. The molecule has 0 bridgehead atoms. The molecule has 0 radical (unpaired) electrons. The molecular formula is C18H31N7O. The van der Waals surface area contributed by atoms with Crippen molar-refractivity contribution in [1.82, 2.24) is 30.7 Å². The molecule has 2 fully saturated rings. The van der Waals surface area contributed by atoms with Crippen molar-refractivity contribution in [3.05, 3.63) is 12.7 Å². The van der Waals surface area contributed by atoms with Crippen LogP contribution in [0.25, 0.3) is 0 Å². The van der Waals surface area contributed by atoms with Gasteiger partial charge in [0.2, 0.25) is 5.91 Å². The summed E-state index contributed by atoms with van der Waals surface area (Å²) in [6.45, 7) is 1.81. The number of unbranched alkanes of at least 4 members (excludes halogenated alkanes) is 1. The molecule has 0 saturated heterocycles. The van der Waals surface area contributed by atoms with Crippen LogP contribution in [-0.2, 0) is 11.3 Å². The van der Waals surface area contributed by atoms with Crippen LogP contribution in [0, 0.1) is 5.92 Å². The quantitative estimate of drug-likeness (QED) is 0.365. The van der Waals surface area contributed by atoms with E-state index in [1.807, 2.05) is 4.57 Å². The predicted octanol–water partition coefficient (Wildman–Crippen LogP) is 1.06. The largest absolute Gasteiger partial charge is 0.356 e. The number of aliphatic imine (C=N–C) groups is 1. The maximum Gasteiger partial charge on any atom is 0.223 e. The number of carbonyl (C=O) groups is 1. The van der Waals surface area contributed by atoms with Gasteiger partial charge in [-0.3, -0.25) is 9.79 Å². The molecule has 0 spiro atoms. The van der Waals surface area contributed by atoms with Crippen molar-refractivity contribution in [3.8, 4) is 0 Å². The Morgan fingerprint density at radius 3 is 2.65 bits per heavy atom. The Kier molecular flexibility index (Phi) is 6.85. The van der Waals surface area contributed by atoms with Crippen molar-refractivity contribution in [2.75, 3.05) is 13.6 Å². The average molecular weight is 361 g/mol. The smallest absolute Gasteiger partial charge is 0.223 e. The highest BCUT2D eigenvalue weighted by atomic mass is 16.2. The van der Waals surface area contributed by atoms with E-state index in [9.17, 15) is 4.79 Å². The van der Waals surface area contributed by atoms with E-state index in [1.54, 1.807) is 19.7 Å². The lowest BCUT2D eigenvalue weighted by Crippen LogP contribution is -2.47. The molecule has 3 N–H and O–H groups in total. The number of aromatic nitrogens is 3. The Bertz CT molecular complexity index is 582. The third kappa shape index (κ3) is 6.00. The van der Waals surface area contributed by atoms with E-state index in [0.29, 0.717) is 12.1 Å². The Hall–Kier alpha value is -2.12. The van der Waals surface area contributed by atoms with Gasteiger partial charge < -0.3 is 20.5 Å². The number of hydrogen-bond acceptors (Lipinski definition) is 4. The minimum Gasteiger partial charge on any atom is -0.356 e. The van der Waals surface area contributed by atoms with E-state index in [2.05, 4.69) is 31.1 Å². The van der Waals surface area contributed by atoms with Crippen molar-refractivity contribution in [1.29, 1.82) is 0 Å². The maximum absolute atomic E-state index is 12.3. The minimum absolute atomic E-state index is 0.142. The lowest BCUT2D eigenvalue weighted by Gasteiger charge is -2.30. The molecule has 2 saturated carbocycles. The summed E-state index contributed by atoms with van der Waals surface area (Å²) in [7, 11) is 1.80. The lowest BCUT2D eigenvalue weighted by atomic mass is 9.85. The second-order valence-corrected chi connectivity index (χ2v) is 7.39. The summed E-state index contributed by atoms with van der Waals surface area (Å²) in [5, 5.41) is 17.6. The van der Waals surface area contributed by atoms with E-state index in [-0.39, 0.29) is 11.8 Å². The van der Waals surface area contributed by atoms with E-state index in [4.69, 9.17) is 0 Å². The molecular weight excluding hydrogens is 330 g/mol. The molecule has 2 aliphatic rings. The summed E-state index contributed by atoms with van der Waals surface area (Å²) >= 11 is 0. The first-order valence-corrected chi connectivity index (χ1v) is 9.84. The first kappa shape index (κ1) is 18.7. The van der Waals surface area contributed by atoms with Crippen LogP contribution in [0.1, 0.15) is 51.4 Å². The number of rotatable bonds is 8. The van der Waals surface area contributed by atoms with Crippen molar-refractivity contribution in [2.24, 2.45) is 10.9 Å². The SMILES string of the molecule is CN=C(NCCCCn1cnnc1)NC1CCCC(C(=O)NC2CC2)C1. The maximum atomic E-state index is 12.3. The standard InChI is InChI=1S/C18H31N7O/c1-19-18(20-9-2-3-10-25-12-21-22-13-25)24-16-6-4-5-14(11-16)17(26)23-15-7-8-15/h12-16H,2-11H2,1H3,(H,23,26)(H2,19,20,24). The van der Waals surface area contributed by atoms with Crippen LogP contribution in [0.4, 0.5) is 0 Å². The molecule has 144 valence electrons. The Balaban J connectivity index is 1.33. The Morgan fingerprint density at radius 1 is 1.12 bits per heavy atom. The molecule has 3 rings (SSSR count). The second-order valence-electron chi connectivity index (χ2n) is 7.39. The van der Waals surface area contributed by atoms with Gasteiger partial charge >= 0.3 is 0 Å². The molecule has 1 aromatic rings. The third-order valence-corrected chi connectivity index (χ3v) is 5.14. The van der Waals surface area contributed by atoms with Crippen molar-refractivity contribution in [2.45, 2.75) is 70.0 Å². The monoisotopic (exact) mass is 361 g/mol. The van der Waals surface area contributed by atoms with Gasteiger partial charge in [-0.05, 0) is 44.9 Å². The van der Waals surface area contributed by atoms with E-state index in [1.165, 1.54) is 0 Å². The number of carbonyl (C=O) groups excluding carboxylic acids is 1. The summed E-state index contributed by atoms with van der Waals surface area (Å²) in [4.78, 5) is 16.6. The van der Waals surface area contributed by atoms with Crippen molar-refractivity contribution >= 4 is 11.9 Å². The minimum atomic E-state index is 0.142. The van der Waals surface area contributed by atoms with Gasteiger partial charge in [0, 0.05) is 38.1 Å². The zero-order valence-corrected chi connectivity index (χ0v) is 15.7. The molecule has 1 amide bonds. The van der Waals surface area contributed by atoms with E-state index >= 15 is 0 Å². The molecule has 2 atom stereocenters. The van der Waals surface area contributed by atoms with Gasteiger partial charge in [-0.2, -0.15) is 0 Å². The van der Waals surface area contributed by atoms with Gasteiger partial charge in [0.25, 0.3) is 0 Å². The first-order chi connectivity index (χ1) is 12.7. The molecule has 8 heteroatoms. The highest BCUT2D eigenvalue weighted by Gasteiger charge is 2.31. The van der Waals surface area contributed by atoms with Gasteiger partial charge in [-0.15, -0.1) is 10.2 Å². The van der Waals surface area contributed by atoms with Crippen LogP contribution >= 0.6 is 0 Å². The molecule has 2 unspecified atom stereocenters. The topological polar surface area (TPSA) is 96.2 Å². The molecule has 1 heterocycles. The summed E-state index contributed by atoms with van der Waals surface area (Å²) in [5.41, 5.74) is 0. The number of amides is 1. The molecule has 1 aromatic heterocycles. The number of aryl methyl sites for hydroxylation is 1. The number of guanidine groups is 1. The highest BCUT2D eigenvalue weighted by Crippen LogP contribution is 2.26. The van der Waals surface area contributed by atoms with Gasteiger partial charge in [-0.25, -0.2) is 0 Å². The first-order valence-electron chi connectivity index (χ1n) is 9.84. The fraction of sp³-hybridized carbons (Fsp3) is 0.778. The van der Waals surface area contributed by atoms with Crippen LogP contribution in [0.2, 0.25) is 0 Å². The highest BCUT2D eigenvalue weighted by molar-refractivity contribution is 5.81. The normalized spacial score (nSPS) is 23.5. The van der Waals surface area contributed by atoms with Crippen LogP contribution < -0.4 is 16.0 Å². The summed E-state index contributed by atoms with van der Waals surface area (Å²) in [6, 6.07) is 0.769. The van der Waals surface area contributed by atoms with Gasteiger partial charge in [0.1, 0.15) is 12.7 Å². The zero-order valence-electron chi connectivity index (χ0n) is 15.7. The van der Waals surface area contributed by atoms with Gasteiger partial charge in [0.15, 0.2) is 5.96 Å². The van der Waals surface area contributed by atoms with E-state index in [0.717, 1.165) is 70.4 Å². The van der Waals surface area contributed by atoms with Crippen LogP contribution in [0.15, 0.2) is 17.6 Å². The molecule has 2 aliphatic carbocycles. The van der Waals surface area contributed by atoms with Crippen LogP contribution in [0.3, 0.4) is 0 Å². The number of nitrogens with zero attached hydrogens (tertiary/aromatic N) is 4. The zero-order chi connectivity index (χ0) is 18.2. The fourth-order valence-electron chi connectivity index (χ4n) is 3.46. The second kappa shape index (κ2) is 9.54. The van der Waals surface area contributed by atoms with Crippen molar-refractivity contribution < 1.29 is 4.79 Å². The van der Waals surface area contributed by atoms with Crippen LogP contribution in [-0.4, -0.2) is 52.3 Å². The molecule has 26 heavy (non-hydrogen) atoms. The summed E-state index contributed by atoms with van der Waals surface area (Å²) < 4.78 is 1.99. The van der Waals surface area contributed by atoms with Crippen molar-refractivity contribution in [3.63, 3.8) is 0 Å². The predicted molar refractivity (Wildman–Crippen MR) is 101 cm³/mol. The number of nitrogens with one attached hydrogen (secondary N) is 3. The number of hydrogen-bond donors (Lipinski definition) is 3. The fourth-order valence-corrected chi connectivity index (χ4v) is 3.46. The van der Waals surface area contributed by atoms with Gasteiger partial charge in [0.05, 0.1) is 0 Å². The van der Waals surface area contributed by atoms with Gasteiger partial charge in [-0.1, -0.05) is 6.42 Å². The summed E-state index contributed by atoms with van der Waals surface area (Å²) in [5.74, 6) is 1.22. The average Bonchev–Trinajstić information content (AvgIpc) is 3.32.